The van der Waals surface area contributed by atoms with Gasteiger partial charge in [-0.15, -0.1) is 12.4 Å². The third kappa shape index (κ3) is 5.64. The maximum absolute atomic E-state index is 11.3. The van der Waals surface area contributed by atoms with Crippen molar-refractivity contribution in [1.29, 1.82) is 0 Å². The zero-order valence-electron chi connectivity index (χ0n) is 9.15. The standard InChI is InChI=1S/C8H17N3O3S.ClH/c1-9-15(13,14)6-8(12)11-7-3-2-4-10-5-7;/h7,9-10H,2-6H2,1H3,(H,11,12);1H/t7-;/m0./s1. The van der Waals surface area contributed by atoms with Gasteiger partial charge in [0.05, 0.1) is 0 Å². The molecule has 1 aliphatic rings. The maximum atomic E-state index is 11.3. The summed E-state index contributed by atoms with van der Waals surface area (Å²) < 4.78 is 24.2. The predicted molar refractivity (Wildman–Crippen MR) is 64.1 cm³/mol. The number of halogens is 1. The third-order valence-electron chi connectivity index (χ3n) is 2.29. The molecular weight excluding hydrogens is 254 g/mol. The number of sulfonamides is 1. The minimum Gasteiger partial charge on any atom is -0.351 e. The van der Waals surface area contributed by atoms with E-state index in [1.54, 1.807) is 0 Å². The molecule has 8 heteroatoms. The number of rotatable bonds is 4. The van der Waals surface area contributed by atoms with Gasteiger partial charge in [-0.2, -0.15) is 0 Å². The fourth-order valence-electron chi connectivity index (χ4n) is 1.49. The summed E-state index contributed by atoms with van der Waals surface area (Å²) in [5.74, 6) is -0.946. The maximum Gasteiger partial charge on any atom is 0.236 e. The fourth-order valence-corrected chi connectivity index (χ4v) is 2.06. The first-order chi connectivity index (χ1) is 7.03. The zero-order chi connectivity index (χ0) is 11.3. The molecular formula is C8H18ClN3O3S. The average Bonchev–Trinajstić information content (AvgIpc) is 2.18. The van der Waals surface area contributed by atoms with Crippen LogP contribution in [0.15, 0.2) is 0 Å². The van der Waals surface area contributed by atoms with E-state index in [1.807, 2.05) is 0 Å². The molecule has 0 saturated carbocycles. The number of hydrogen-bond donors (Lipinski definition) is 3. The number of piperidine rings is 1. The van der Waals surface area contributed by atoms with E-state index in [1.165, 1.54) is 7.05 Å². The molecule has 1 aliphatic heterocycles. The number of amides is 1. The SMILES string of the molecule is CNS(=O)(=O)CC(=O)N[C@H]1CCCNC1.Cl. The molecule has 0 aromatic carbocycles. The van der Waals surface area contributed by atoms with Gasteiger partial charge in [-0.1, -0.05) is 0 Å². The summed E-state index contributed by atoms with van der Waals surface area (Å²) in [7, 11) is -2.16. The monoisotopic (exact) mass is 271 g/mol. The highest BCUT2D eigenvalue weighted by atomic mass is 35.5. The minimum absolute atomic E-state index is 0. The third-order valence-corrected chi connectivity index (χ3v) is 3.56. The number of hydrogen-bond acceptors (Lipinski definition) is 4. The highest BCUT2D eigenvalue weighted by Crippen LogP contribution is 2.00. The second-order valence-corrected chi connectivity index (χ2v) is 5.50. The molecule has 0 aliphatic carbocycles. The van der Waals surface area contributed by atoms with Gasteiger partial charge in [0.25, 0.3) is 0 Å². The molecule has 1 rings (SSSR count). The lowest BCUT2D eigenvalue weighted by atomic mass is 10.1. The topological polar surface area (TPSA) is 87.3 Å². The van der Waals surface area contributed by atoms with Crippen molar-refractivity contribution < 1.29 is 13.2 Å². The van der Waals surface area contributed by atoms with Gasteiger partial charge in [0, 0.05) is 12.6 Å². The van der Waals surface area contributed by atoms with E-state index in [0.717, 1.165) is 19.4 Å². The smallest absolute Gasteiger partial charge is 0.236 e. The van der Waals surface area contributed by atoms with Crippen LogP contribution in [0.2, 0.25) is 0 Å². The van der Waals surface area contributed by atoms with E-state index < -0.39 is 21.7 Å². The summed E-state index contributed by atoms with van der Waals surface area (Å²) in [4.78, 5) is 11.3. The summed E-state index contributed by atoms with van der Waals surface area (Å²) >= 11 is 0. The van der Waals surface area contributed by atoms with Crippen molar-refractivity contribution in [3.63, 3.8) is 0 Å². The van der Waals surface area contributed by atoms with Gasteiger partial charge >= 0.3 is 0 Å². The van der Waals surface area contributed by atoms with Crippen LogP contribution in [-0.4, -0.2) is 46.3 Å². The summed E-state index contributed by atoms with van der Waals surface area (Å²) in [6.45, 7) is 1.67. The van der Waals surface area contributed by atoms with Crippen molar-refractivity contribution in [2.45, 2.75) is 18.9 Å². The van der Waals surface area contributed by atoms with Gasteiger partial charge < -0.3 is 10.6 Å². The van der Waals surface area contributed by atoms with Crippen LogP contribution in [0, 0.1) is 0 Å². The van der Waals surface area contributed by atoms with Crippen LogP contribution in [0.3, 0.4) is 0 Å². The molecule has 0 aromatic heterocycles. The lowest BCUT2D eigenvalue weighted by molar-refractivity contribution is -0.119. The number of carbonyl (C=O) groups excluding carboxylic acids is 1. The van der Waals surface area contributed by atoms with Crippen molar-refractivity contribution in [1.82, 2.24) is 15.4 Å². The molecule has 0 unspecified atom stereocenters. The Kier molecular flexibility index (Phi) is 6.89. The molecule has 0 bridgehead atoms. The molecule has 1 fully saturated rings. The first-order valence-electron chi connectivity index (χ1n) is 4.95. The normalized spacial score (nSPS) is 20.9. The Bertz CT molecular complexity index is 314. The van der Waals surface area contributed by atoms with Crippen LogP contribution >= 0.6 is 12.4 Å². The van der Waals surface area contributed by atoms with Crippen molar-refractivity contribution in [2.75, 3.05) is 25.9 Å². The zero-order valence-corrected chi connectivity index (χ0v) is 10.8. The molecule has 1 atom stereocenters. The van der Waals surface area contributed by atoms with Crippen molar-refractivity contribution in [3.8, 4) is 0 Å². The molecule has 0 radical (unpaired) electrons. The van der Waals surface area contributed by atoms with E-state index in [9.17, 15) is 13.2 Å². The summed E-state index contributed by atoms with van der Waals surface area (Å²) in [5.41, 5.74) is 0. The van der Waals surface area contributed by atoms with E-state index in [4.69, 9.17) is 0 Å². The first kappa shape index (κ1) is 15.6. The van der Waals surface area contributed by atoms with Gasteiger partial charge in [0.2, 0.25) is 15.9 Å². The number of carbonyl (C=O) groups is 1. The average molecular weight is 272 g/mol. The summed E-state index contributed by atoms with van der Waals surface area (Å²) in [6, 6.07) is 0.0540. The largest absolute Gasteiger partial charge is 0.351 e. The van der Waals surface area contributed by atoms with Gasteiger partial charge in [-0.3, -0.25) is 4.79 Å². The highest BCUT2D eigenvalue weighted by molar-refractivity contribution is 7.90. The minimum atomic E-state index is -3.45. The first-order valence-corrected chi connectivity index (χ1v) is 6.60. The molecule has 6 nitrogen and oxygen atoms in total. The van der Waals surface area contributed by atoms with E-state index in [2.05, 4.69) is 15.4 Å². The fraction of sp³-hybridized carbons (Fsp3) is 0.875. The molecule has 0 aromatic rings. The van der Waals surface area contributed by atoms with Crippen molar-refractivity contribution in [2.24, 2.45) is 0 Å². The van der Waals surface area contributed by atoms with E-state index in [-0.39, 0.29) is 18.4 Å². The summed E-state index contributed by atoms with van der Waals surface area (Å²) in [6.07, 6.45) is 1.90. The van der Waals surface area contributed by atoms with Crippen molar-refractivity contribution in [3.05, 3.63) is 0 Å². The van der Waals surface area contributed by atoms with Crippen LogP contribution in [0.4, 0.5) is 0 Å². The molecule has 1 saturated heterocycles. The number of nitrogens with one attached hydrogen (secondary N) is 3. The van der Waals surface area contributed by atoms with Crippen molar-refractivity contribution >= 4 is 28.3 Å². The highest BCUT2D eigenvalue weighted by Gasteiger charge is 2.19. The lowest BCUT2D eigenvalue weighted by Crippen LogP contribution is -2.47. The Morgan fingerprint density at radius 1 is 1.50 bits per heavy atom. The van der Waals surface area contributed by atoms with E-state index in [0.29, 0.717) is 6.54 Å². The second-order valence-electron chi connectivity index (χ2n) is 3.57. The Balaban J connectivity index is 0.00000225. The van der Waals surface area contributed by atoms with Crippen LogP contribution in [0.25, 0.3) is 0 Å². The molecule has 1 amide bonds. The second kappa shape index (κ2) is 7.05. The molecule has 0 spiro atoms. The van der Waals surface area contributed by atoms with Crippen LogP contribution in [0.5, 0.6) is 0 Å². The Hall–Kier alpha value is -0.370. The predicted octanol–water partition coefficient (Wildman–Crippen LogP) is -1.17. The molecule has 16 heavy (non-hydrogen) atoms. The summed E-state index contributed by atoms with van der Waals surface area (Å²) in [5, 5.41) is 5.83. The Morgan fingerprint density at radius 3 is 2.69 bits per heavy atom. The van der Waals surface area contributed by atoms with Crippen LogP contribution < -0.4 is 15.4 Å². The molecule has 96 valence electrons. The van der Waals surface area contributed by atoms with Gasteiger partial charge in [0.15, 0.2) is 0 Å². The van der Waals surface area contributed by atoms with Crippen LogP contribution in [-0.2, 0) is 14.8 Å². The molecule has 1 heterocycles. The van der Waals surface area contributed by atoms with E-state index >= 15 is 0 Å². The quantitative estimate of drug-likeness (QED) is 0.601. The van der Waals surface area contributed by atoms with Gasteiger partial charge in [-0.05, 0) is 26.4 Å². The van der Waals surface area contributed by atoms with Crippen LogP contribution in [0.1, 0.15) is 12.8 Å². The Morgan fingerprint density at radius 2 is 2.19 bits per heavy atom. The van der Waals surface area contributed by atoms with Gasteiger partial charge in [-0.25, -0.2) is 13.1 Å². The lowest BCUT2D eigenvalue weighted by Gasteiger charge is -2.23. The molecule has 3 N–H and O–H groups in total. The Labute approximate surface area is 102 Å². The van der Waals surface area contributed by atoms with Gasteiger partial charge in [0.1, 0.15) is 5.75 Å².